The molecule has 6 heteroatoms. The van der Waals surface area contributed by atoms with Crippen LogP contribution in [0.4, 0.5) is 14.5 Å². The third-order valence-corrected chi connectivity index (χ3v) is 2.87. The molecule has 106 valence electrons. The van der Waals surface area contributed by atoms with Gasteiger partial charge in [0.05, 0.1) is 22.9 Å². The Morgan fingerprint density at radius 1 is 1.19 bits per heavy atom. The van der Waals surface area contributed by atoms with Crippen LogP contribution in [-0.2, 0) is 6.54 Å². The van der Waals surface area contributed by atoms with Crippen molar-refractivity contribution >= 4 is 11.6 Å². The van der Waals surface area contributed by atoms with E-state index in [9.17, 15) is 13.6 Å². The number of benzene rings is 2. The van der Waals surface area contributed by atoms with Crippen molar-refractivity contribution in [2.24, 2.45) is 0 Å². The van der Waals surface area contributed by atoms with Gasteiger partial charge in [-0.15, -0.1) is 0 Å². The second-order valence-electron chi connectivity index (χ2n) is 4.34. The van der Waals surface area contributed by atoms with Crippen LogP contribution in [0.25, 0.3) is 0 Å². The first-order chi connectivity index (χ1) is 10.0. The molecule has 4 nitrogen and oxygen atoms in total. The maximum Gasteiger partial charge on any atom is 0.254 e. The summed E-state index contributed by atoms with van der Waals surface area (Å²) >= 11 is 0. The van der Waals surface area contributed by atoms with Gasteiger partial charge in [-0.05, 0) is 23.8 Å². The van der Waals surface area contributed by atoms with E-state index in [0.717, 1.165) is 11.6 Å². The van der Waals surface area contributed by atoms with Crippen molar-refractivity contribution in [2.45, 2.75) is 6.54 Å². The highest BCUT2D eigenvalue weighted by molar-refractivity contribution is 5.95. The number of nitrogens with one attached hydrogen (secondary N) is 1. The molecule has 0 aliphatic heterocycles. The Balaban J connectivity index is 2.08. The van der Waals surface area contributed by atoms with E-state index in [1.54, 1.807) is 24.3 Å². The van der Waals surface area contributed by atoms with E-state index in [4.69, 9.17) is 11.0 Å². The number of nitriles is 1. The number of carbonyl (C=O) groups is 1. The Morgan fingerprint density at radius 2 is 1.86 bits per heavy atom. The van der Waals surface area contributed by atoms with Crippen molar-refractivity contribution in [3.63, 3.8) is 0 Å². The minimum Gasteiger partial charge on any atom is -0.396 e. The molecule has 2 aromatic carbocycles. The Bertz CT molecular complexity index is 721. The van der Waals surface area contributed by atoms with E-state index in [2.05, 4.69) is 5.32 Å². The molecule has 0 aliphatic rings. The first kappa shape index (κ1) is 14.5. The van der Waals surface area contributed by atoms with Crippen molar-refractivity contribution < 1.29 is 13.6 Å². The molecule has 2 rings (SSSR count). The van der Waals surface area contributed by atoms with Crippen LogP contribution in [0.3, 0.4) is 0 Å². The number of nitrogen functional groups attached to an aromatic ring is 1. The number of carbonyl (C=O) groups excluding carboxylic acids is 1. The summed E-state index contributed by atoms with van der Waals surface area (Å²) in [4.78, 5) is 11.8. The molecule has 0 heterocycles. The van der Waals surface area contributed by atoms with Crippen molar-refractivity contribution in [3.05, 3.63) is 64.7 Å². The third-order valence-electron chi connectivity index (χ3n) is 2.87. The van der Waals surface area contributed by atoms with Crippen LogP contribution in [0.5, 0.6) is 0 Å². The molecule has 2 aromatic rings. The largest absolute Gasteiger partial charge is 0.396 e. The molecule has 0 radical (unpaired) electrons. The van der Waals surface area contributed by atoms with Gasteiger partial charge in [0.2, 0.25) is 0 Å². The number of anilines is 1. The van der Waals surface area contributed by atoms with Crippen LogP contribution in [-0.4, -0.2) is 5.91 Å². The summed E-state index contributed by atoms with van der Waals surface area (Å²) in [6.45, 7) is 0.154. The lowest BCUT2D eigenvalue weighted by Crippen LogP contribution is -2.24. The van der Waals surface area contributed by atoms with Gasteiger partial charge >= 0.3 is 0 Å². The van der Waals surface area contributed by atoms with E-state index in [1.807, 2.05) is 6.07 Å². The van der Waals surface area contributed by atoms with Gasteiger partial charge in [0.25, 0.3) is 5.91 Å². The van der Waals surface area contributed by atoms with Gasteiger partial charge < -0.3 is 11.1 Å². The van der Waals surface area contributed by atoms with Gasteiger partial charge in [-0.3, -0.25) is 4.79 Å². The first-order valence-corrected chi connectivity index (χ1v) is 6.03. The lowest BCUT2D eigenvalue weighted by Gasteiger charge is -2.07. The Labute approximate surface area is 119 Å². The highest BCUT2D eigenvalue weighted by Crippen LogP contribution is 2.16. The number of amides is 1. The van der Waals surface area contributed by atoms with Crippen LogP contribution in [0.1, 0.15) is 21.5 Å². The van der Waals surface area contributed by atoms with Gasteiger partial charge in [0.1, 0.15) is 11.6 Å². The normalized spacial score (nSPS) is 9.95. The standard InChI is InChI=1S/C15H11F2N3O/c16-12-6-13(17)14(19)5-11(12)15(21)20-8-10-3-1-9(7-18)2-4-10/h1-6H,8,19H2,(H,20,21). The molecule has 0 spiro atoms. The summed E-state index contributed by atoms with van der Waals surface area (Å²) in [6.07, 6.45) is 0. The van der Waals surface area contributed by atoms with Gasteiger partial charge in [-0.2, -0.15) is 5.26 Å². The predicted octanol–water partition coefficient (Wildman–Crippen LogP) is 2.35. The second-order valence-corrected chi connectivity index (χ2v) is 4.34. The molecule has 1 amide bonds. The summed E-state index contributed by atoms with van der Waals surface area (Å²) in [5.41, 5.74) is 5.96. The molecule has 0 saturated heterocycles. The van der Waals surface area contributed by atoms with Gasteiger partial charge in [0, 0.05) is 12.6 Å². The molecule has 0 saturated carbocycles. The molecule has 0 unspecified atom stereocenters. The molecular formula is C15H11F2N3O. The SMILES string of the molecule is N#Cc1ccc(CNC(=O)c2cc(N)c(F)cc2F)cc1. The number of hydrogen-bond donors (Lipinski definition) is 2. The van der Waals surface area contributed by atoms with Crippen LogP contribution < -0.4 is 11.1 Å². The fraction of sp³-hybridized carbons (Fsp3) is 0.0667. The summed E-state index contributed by atoms with van der Waals surface area (Å²) in [5, 5.41) is 11.2. The zero-order valence-electron chi connectivity index (χ0n) is 10.9. The highest BCUT2D eigenvalue weighted by atomic mass is 19.1. The average molecular weight is 287 g/mol. The number of nitrogens with two attached hydrogens (primary N) is 1. The maximum absolute atomic E-state index is 13.5. The van der Waals surface area contributed by atoms with Crippen molar-refractivity contribution in [2.75, 3.05) is 5.73 Å². The molecule has 0 bridgehead atoms. The number of rotatable bonds is 3. The fourth-order valence-electron chi connectivity index (χ4n) is 1.71. The van der Waals surface area contributed by atoms with E-state index >= 15 is 0 Å². The van der Waals surface area contributed by atoms with Gasteiger partial charge in [-0.1, -0.05) is 12.1 Å². The molecular weight excluding hydrogens is 276 g/mol. The molecule has 3 N–H and O–H groups in total. The zero-order chi connectivity index (χ0) is 15.4. The van der Waals surface area contributed by atoms with Gasteiger partial charge in [0.15, 0.2) is 0 Å². The van der Waals surface area contributed by atoms with Crippen LogP contribution in [0, 0.1) is 23.0 Å². The maximum atomic E-state index is 13.5. The Kier molecular flexibility index (Phi) is 4.14. The highest BCUT2D eigenvalue weighted by Gasteiger charge is 2.14. The fourth-order valence-corrected chi connectivity index (χ4v) is 1.71. The third kappa shape index (κ3) is 3.34. The van der Waals surface area contributed by atoms with Crippen molar-refractivity contribution in [1.29, 1.82) is 5.26 Å². The number of hydrogen-bond acceptors (Lipinski definition) is 3. The van der Waals surface area contributed by atoms with Crippen LogP contribution in [0.15, 0.2) is 36.4 Å². The molecule has 0 aromatic heterocycles. The summed E-state index contributed by atoms with van der Waals surface area (Å²) in [5.74, 6) is -2.57. The lowest BCUT2D eigenvalue weighted by atomic mass is 10.1. The Morgan fingerprint density at radius 3 is 2.48 bits per heavy atom. The van der Waals surface area contributed by atoms with E-state index in [1.165, 1.54) is 0 Å². The molecule has 0 fully saturated rings. The molecule has 21 heavy (non-hydrogen) atoms. The first-order valence-electron chi connectivity index (χ1n) is 6.03. The quantitative estimate of drug-likeness (QED) is 0.850. The molecule has 0 aliphatic carbocycles. The second kappa shape index (κ2) is 6.01. The van der Waals surface area contributed by atoms with Crippen molar-refractivity contribution in [3.8, 4) is 6.07 Å². The average Bonchev–Trinajstić information content (AvgIpc) is 2.49. The number of nitrogens with zero attached hydrogens (tertiary/aromatic N) is 1. The lowest BCUT2D eigenvalue weighted by molar-refractivity contribution is 0.0947. The van der Waals surface area contributed by atoms with E-state index in [-0.39, 0.29) is 17.8 Å². The number of halogens is 2. The van der Waals surface area contributed by atoms with Crippen molar-refractivity contribution in [1.82, 2.24) is 5.32 Å². The monoisotopic (exact) mass is 287 g/mol. The van der Waals surface area contributed by atoms with Crippen LogP contribution in [0.2, 0.25) is 0 Å². The van der Waals surface area contributed by atoms with E-state index < -0.39 is 17.5 Å². The predicted molar refractivity (Wildman–Crippen MR) is 73.1 cm³/mol. The van der Waals surface area contributed by atoms with E-state index in [0.29, 0.717) is 11.6 Å². The Hall–Kier alpha value is -2.94. The smallest absolute Gasteiger partial charge is 0.254 e. The summed E-state index contributed by atoms with van der Waals surface area (Å²) in [7, 11) is 0. The topological polar surface area (TPSA) is 78.9 Å². The summed E-state index contributed by atoms with van der Waals surface area (Å²) < 4.78 is 26.5. The summed E-state index contributed by atoms with van der Waals surface area (Å²) in [6, 6.07) is 10.1. The van der Waals surface area contributed by atoms with Crippen LogP contribution >= 0.6 is 0 Å². The zero-order valence-corrected chi connectivity index (χ0v) is 10.9. The molecule has 0 atom stereocenters. The minimum absolute atomic E-state index is 0.154. The minimum atomic E-state index is -0.973. The van der Waals surface area contributed by atoms with Gasteiger partial charge in [-0.25, -0.2) is 8.78 Å².